The fourth-order valence-electron chi connectivity index (χ4n) is 3.09. The summed E-state index contributed by atoms with van der Waals surface area (Å²) in [7, 11) is -1.08. The maximum absolute atomic E-state index is 12.4. The molecule has 8 nitrogen and oxygen atoms in total. The van der Waals surface area contributed by atoms with Crippen molar-refractivity contribution in [1.82, 2.24) is 14.6 Å². The van der Waals surface area contributed by atoms with Gasteiger partial charge < -0.3 is 15.1 Å². The maximum Gasteiger partial charge on any atom is 0.255 e. The number of amides is 1. The molecule has 3 rings (SSSR count). The van der Waals surface area contributed by atoms with Gasteiger partial charge in [-0.2, -0.15) is 0 Å². The average molecular weight is 418 g/mol. The molecule has 0 unspecified atom stereocenters. The standard InChI is InChI=1S/C20H27N5O3S/c1-24-11-13-25(14-12-24)19-8-7-18(15-21-19)23-20(26)17-5-3-16(4-6-17)9-10-22-29(2,27)28/h3-8,15,22H,9-14H2,1-2H3,(H,23,26). The highest BCUT2D eigenvalue weighted by Crippen LogP contribution is 2.16. The van der Waals surface area contributed by atoms with Gasteiger partial charge in [0.15, 0.2) is 0 Å². The zero-order chi connectivity index (χ0) is 20.9. The van der Waals surface area contributed by atoms with Gasteiger partial charge in [0.1, 0.15) is 5.82 Å². The number of nitrogens with zero attached hydrogens (tertiary/aromatic N) is 3. The number of carbonyl (C=O) groups excluding carboxylic acids is 1. The second-order valence-electron chi connectivity index (χ2n) is 7.26. The number of benzene rings is 1. The van der Waals surface area contributed by atoms with Crippen molar-refractivity contribution in [2.24, 2.45) is 0 Å². The smallest absolute Gasteiger partial charge is 0.255 e. The number of hydrogen-bond acceptors (Lipinski definition) is 6. The first-order valence-corrected chi connectivity index (χ1v) is 11.4. The van der Waals surface area contributed by atoms with Crippen LogP contribution in [0.1, 0.15) is 15.9 Å². The summed E-state index contributed by atoms with van der Waals surface area (Å²) in [6.45, 7) is 4.25. The lowest BCUT2D eigenvalue weighted by molar-refractivity contribution is 0.102. The number of anilines is 2. The lowest BCUT2D eigenvalue weighted by Gasteiger charge is -2.33. The van der Waals surface area contributed by atoms with Gasteiger partial charge in [-0.15, -0.1) is 0 Å². The Labute approximate surface area is 172 Å². The van der Waals surface area contributed by atoms with Gasteiger partial charge in [-0.3, -0.25) is 4.79 Å². The van der Waals surface area contributed by atoms with Gasteiger partial charge in [0.05, 0.1) is 18.1 Å². The van der Waals surface area contributed by atoms with Gasteiger partial charge in [0.25, 0.3) is 5.91 Å². The van der Waals surface area contributed by atoms with E-state index in [1.54, 1.807) is 18.3 Å². The second kappa shape index (κ2) is 9.34. The molecule has 1 aliphatic heterocycles. The average Bonchev–Trinajstić information content (AvgIpc) is 2.69. The Bertz CT molecular complexity index is 922. The van der Waals surface area contributed by atoms with E-state index in [0.717, 1.165) is 43.8 Å². The molecule has 2 heterocycles. The van der Waals surface area contributed by atoms with Crippen LogP contribution in [-0.4, -0.2) is 70.2 Å². The zero-order valence-corrected chi connectivity index (χ0v) is 17.6. The van der Waals surface area contributed by atoms with Crippen LogP contribution in [0.5, 0.6) is 0 Å². The Balaban J connectivity index is 1.53. The molecule has 1 amide bonds. The van der Waals surface area contributed by atoms with Crippen molar-refractivity contribution in [3.05, 3.63) is 53.7 Å². The predicted molar refractivity (Wildman–Crippen MR) is 115 cm³/mol. The van der Waals surface area contributed by atoms with Gasteiger partial charge >= 0.3 is 0 Å². The molecule has 0 atom stereocenters. The van der Waals surface area contributed by atoms with Crippen LogP contribution in [0, 0.1) is 0 Å². The van der Waals surface area contributed by atoms with Gasteiger partial charge in [-0.25, -0.2) is 18.1 Å². The molecular weight excluding hydrogens is 390 g/mol. The molecule has 0 saturated carbocycles. The van der Waals surface area contributed by atoms with Crippen molar-refractivity contribution in [2.45, 2.75) is 6.42 Å². The fraction of sp³-hybridized carbons (Fsp3) is 0.400. The molecule has 1 fully saturated rings. The summed E-state index contributed by atoms with van der Waals surface area (Å²) in [5.74, 6) is 0.711. The monoisotopic (exact) mass is 417 g/mol. The molecule has 1 aromatic heterocycles. The summed E-state index contributed by atoms with van der Waals surface area (Å²) < 4.78 is 24.6. The van der Waals surface area contributed by atoms with Crippen LogP contribution in [0.3, 0.4) is 0 Å². The normalized spacial score (nSPS) is 15.3. The summed E-state index contributed by atoms with van der Waals surface area (Å²) in [6, 6.07) is 10.9. The van der Waals surface area contributed by atoms with Crippen LogP contribution >= 0.6 is 0 Å². The van der Waals surface area contributed by atoms with Gasteiger partial charge in [0.2, 0.25) is 10.0 Å². The van der Waals surface area contributed by atoms with Gasteiger partial charge in [0, 0.05) is 38.3 Å². The first-order valence-electron chi connectivity index (χ1n) is 9.55. The minimum absolute atomic E-state index is 0.208. The molecule has 1 aromatic carbocycles. The third-order valence-corrected chi connectivity index (χ3v) is 5.56. The number of sulfonamides is 1. The number of carbonyl (C=O) groups is 1. The van der Waals surface area contributed by atoms with E-state index in [1.807, 2.05) is 24.3 Å². The molecule has 0 aliphatic carbocycles. The summed E-state index contributed by atoms with van der Waals surface area (Å²) in [4.78, 5) is 21.5. The first kappa shape index (κ1) is 21.2. The second-order valence-corrected chi connectivity index (χ2v) is 9.10. The minimum Gasteiger partial charge on any atom is -0.354 e. The van der Waals surface area contributed by atoms with E-state index >= 15 is 0 Å². The third-order valence-electron chi connectivity index (χ3n) is 4.83. The zero-order valence-electron chi connectivity index (χ0n) is 16.8. The Kier molecular flexibility index (Phi) is 6.83. The summed E-state index contributed by atoms with van der Waals surface area (Å²) in [5.41, 5.74) is 2.14. The number of piperazine rings is 1. The van der Waals surface area contributed by atoms with Crippen LogP contribution in [0.25, 0.3) is 0 Å². The van der Waals surface area contributed by atoms with Gasteiger partial charge in [-0.1, -0.05) is 12.1 Å². The molecule has 2 aromatic rings. The molecule has 0 bridgehead atoms. The van der Waals surface area contributed by atoms with Crippen molar-refractivity contribution < 1.29 is 13.2 Å². The Morgan fingerprint density at radius 1 is 1.07 bits per heavy atom. The molecule has 2 N–H and O–H groups in total. The lowest BCUT2D eigenvalue weighted by atomic mass is 10.1. The highest BCUT2D eigenvalue weighted by molar-refractivity contribution is 7.88. The van der Waals surface area contributed by atoms with E-state index < -0.39 is 10.0 Å². The van der Waals surface area contributed by atoms with Crippen molar-refractivity contribution in [3.63, 3.8) is 0 Å². The van der Waals surface area contributed by atoms with Crippen LogP contribution in [-0.2, 0) is 16.4 Å². The SMILES string of the molecule is CN1CCN(c2ccc(NC(=O)c3ccc(CCNS(C)(=O)=O)cc3)cn2)CC1. The Morgan fingerprint density at radius 3 is 2.34 bits per heavy atom. The molecule has 0 radical (unpaired) electrons. The van der Waals surface area contributed by atoms with E-state index in [1.165, 1.54) is 0 Å². The minimum atomic E-state index is -3.19. The number of nitrogens with one attached hydrogen (secondary N) is 2. The van der Waals surface area contributed by atoms with Crippen molar-refractivity contribution in [1.29, 1.82) is 0 Å². The summed E-state index contributed by atoms with van der Waals surface area (Å²) in [6.07, 6.45) is 3.37. The number of aromatic nitrogens is 1. The van der Waals surface area contributed by atoms with E-state index in [0.29, 0.717) is 24.2 Å². The van der Waals surface area contributed by atoms with Crippen molar-refractivity contribution in [3.8, 4) is 0 Å². The molecule has 9 heteroatoms. The summed E-state index contributed by atoms with van der Waals surface area (Å²) >= 11 is 0. The Morgan fingerprint density at radius 2 is 1.76 bits per heavy atom. The molecule has 156 valence electrons. The van der Waals surface area contributed by atoms with Crippen LogP contribution in [0.2, 0.25) is 0 Å². The lowest BCUT2D eigenvalue weighted by Crippen LogP contribution is -2.44. The van der Waals surface area contributed by atoms with Gasteiger partial charge in [-0.05, 0) is 43.3 Å². The van der Waals surface area contributed by atoms with Crippen molar-refractivity contribution in [2.75, 3.05) is 56.2 Å². The topological polar surface area (TPSA) is 94.6 Å². The highest BCUT2D eigenvalue weighted by Gasteiger charge is 2.15. The largest absolute Gasteiger partial charge is 0.354 e. The highest BCUT2D eigenvalue weighted by atomic mass is 32.2. The van der Waals surface area contributed by atoms with E-state index in [2.05, 4.69) is 31.9 Å². The molecule has 29 heavy (non-hydrogen) atoms. The molecular formula is C20H27N5O3S. The van der Waals surface area contributed by atoms with Crippen LogP contribution < -0.4 is 14.9 Å². The quantitative estimate of drug-likeness (QED) is 0.703. The fourth-order valence-corrected chi connectivity index (χ4v) is 3.56. The predicted octanol–water partition coefficient (Wildman–Crippen LogP) is 1.18. The molecule has 0 spiro atoms. The molecule has 1 saturated heterocycles. The number of likely N-dealkylation sites (N-methyl/N-ethyl adjacent to an activating group) is 1. The third kappa shape index (κ3) is 6.52. The maximum atomic E-state index is 12.4. The number of rotatable bonds is 7. The number of pyridine rings is 1. The van der Waals surface area contributed by atoms with E-state index in [4.69, 9.17) is 0 Å². The first-order chi connectivity index (χ1) is 13.8. The van der Waals surface area contributed by atoms with E-state index in [-0.39, 0.29) is 5.91 Å². The van der Waals surface area contributed by atoms with Crippen LogP contribution in [0.15, 0.2) is 42.6 Å². The van der Waals surface area contributed by atoms with Crippen molar-refractivity contribution >= 4 is 27.4 Å². The Hall–Kier alpha value is -2.49. The van der Waals surface area contributed by atoms with E-state index in [9.17, 15) is 13.2 Å². The number of hydrogen-bond donors (Lipinski definition) is 2. The summed E-state index contributed by atoms with van der Waals surface area (Å²) in [5, 5.41) is 2.86. The van der Waals surface area contributed by atoms with Crippen LogP contribution in [0.4, 0.5) is 11.5 Å². The molecule has 1 aliphatic rings.